The molecule has 1 aromatic rings. The van der Waals surface area contributed by atoms with E-state index in [4.69, 9.17) is 0 Å². The highest BCUT2D eigenvalue weighted by Gasteiger charge is 2.12. The van der Waals surface area contributed by atoms with Crippen LogP contribution in [0, 0.1) is 6.92 Å². The molecular weight excluding hydrogens is 160 g/mol. The molecule has 13 heavy (non-hydrogen) atoms. The molecule has 0 bridgehead atoms. The average molecular weight is 176 g/mol. The number of nitrogens with one attached hydrogen (secondary N) is 2. The lowest BCUT2D eigenvalue weighted by Gasteiger charge is -2.12. The van der Waals surface area contributed by atoms with E-state index in [1.165, 1.54) is 17.7 Å². The first-order valence-corrected chi connectivity index (χ1v) is 4.88. The summed E-state index contributed by atoms with van der Waals surface area (Å²) in [6.07, 6.45) is 1.23. The summed E-state index contributed by atoms with van der Waals surface area (Å²) in [5.74, 6) is 0. The zero-order chi connectivity index (χ0) is 9.10. The van der Waals surface area contributed by atoms with Crippen molar-refractivity contribution in [3.8, 4) is 0 Å². The lowest BCUT2D eigenvalue weighted by Crippen LogP contribution is -2.21. The monoisotopic (exact) mass is 176 g/mol. The van der Waals surface area contributed by atoms with E-state index in [0.717, 1.165) is 13.1 Å². The van der Waals surface area contributed by atoms with Crippen LogP contribution in [0.15, 0.2) is 24.3 Å². The average Bonchev–Trinajstić information content (AvgIpc) is 2.62. The Labute approximate surface area is 79.4 Å². The number of anilines is 1. The molecular formula is C11H16N2. The number of benzene rings is 1. The van der Waals surface area contributed by atoms with Gasteiger partial charge in [0.2, 0.25) is 0 Å². The van der Waals surface area contributed by atoms with Gasteiger partial charge in [-0.15, -0.1) is 0 Å². The van der Waals surface area contributed by atoms with E-state index < -0.39 is 0 Å². The van der Waals surface area contributed by atoms with Gasteiger partial charge in [-0.3, -0.25) is 0 Å². The van der Waals surface area contributed by atoms with Crippen molar-refractivity contribution in [1.82, 2.24) is 5.32 Å². The Kier molecular flexibility index (Phi) is 2.50. The van der Waals surface area contributed by atoms with Crippen molar-refractivity contribution in [3.05, 3.63) is 29.8 Å². The minimum Gasteiger partial charge on any atom is -0.381 e. The minimum atomic E-state index is 0.614. The molecule has 1 fully saturated rings. The smallest absolute Gasteiger partial charge is 0.0398 e. The number of rotatable bonds is 2. The van der Waals surface area contributed by atoms with Crippen LogP contribution in [0.3, 0.4) is 0 Å². The first-order valence-electron chi connectivity index (χ1n) is 4.88. The van der Waals surface area contributed by atoms with Crippen LogP contribution in [0.1, 0.15) is 12.0 Å². The summed E-state index contributed by atoms with van der Waals surface area (Å²) in [5.41, 5.74) is 2.55. The highest BCUT2D eigenvalue weighted by Crippen LogP contribution is 2.12. The molecule has 0 saturated carbocycles. The molecule has 1 heterocycles. The van der Waals surface area contributed by atoms with Crippen LogP contribution in [0.5, 0.6) is 0 Å². The summed E-state index contributed by atoms with van der Waals surface area (Å²) < 4.78 is 0. The molecule has 1 aliphatic heterocycles. The van der Waals surface area contributed by atoms with E-state index >= 15 is 0 Å². The van der Waals surface area contributed by atoms with Gasteiger partial charge in [0.1, 0.15) is 0 Å². The van der Waals surface area contributed by atoms with E-state index in [1.54, 1.807) is 0 Å². The van der Waals surface area contributed by atoms with Crippen LogP contribution >= 0.6 is 0 Å². The standard InChI is InChI=1S/C11H16N2/c1-9-2-4-10(5-3-9)13-11-6-7-12-8-11/h2-5,11-13H,6-8H2,1H3. The predicted molar refractivity (Wildman–Crippen MR) is 56.1 cm³/mol. The molecule has 1 aromatic carbocycles. The topological polar surface area (TPSA) is 24.1 Å². The number of aryl methyl sites for hydroxylation is 1. The highest BCUT2D eigenvalue weighted by atomic mass is 15.0. The molecule has 0 aromatic heterocycles. The summed E-state index contributed by atoms with van der Waals surface area (Å²) in [6.45, 7) is 4.35. The molecule has 2 rings (SSSR count). The van der Waals surface area contributed by atoms with E-state index in [0.29, 0.717) is 6.04 Å². The van der Waals surface area contributed by atoms with Crippen molar-refractivity contribution in [1.29, 1.82) is 0 Å². The third-order valence-electron chi connectivity index (χ3n) is 2.48. The van der Waals surface area contributed by atoms with E-state index in [1.807, 2.05) is 0 Å². The third kappa shape index (κ3) is 2.22. The second-order valence-corrected chi connectivity index (χ2v) is 3.70. The fourth-order valence-electron chi connectivity index (χ4n) is 1.66. The molecule has 1 unspecified atom stereocenters. The van der Waals surface area contributed by atoms with Crippen molar-refractivity contribution < 1.29 is 0 Å². The Hall–Kier alpha value is -1.02. The van der Waals surface area contributed by atoms with Gasteiger partial charge in [-0.25, -0.2) is 0 Å². The van der Waals surface area contributed by atoms with Crippen LogP contribution in [-0.2, 0) is 0 Å². The Morgan fingerprint density at radius 2 is 2.08 bits per heavy atom. The van der Waals surface area contributed by atoms with Crippen molar-refractivity contribution in [3.63, 3.8) is 0 Å². The molecule has 0 radical (unpaired) electrons. The summed E-state index contributed by atoms with van der Waals surface area (Å²) in [5, 5.41) is 6.85. The molecule has 0 amide bonds. The summed E-state index contributed by atoms with van der Waals surface area (Å²) >= 11 is 0. The number of hydrogen-bond donors (Lipinski definition) is 2. The molecule has 70 valence electrons. The molecule has 2 N–H and O–H groups in total. The van der Waals surface area contributed by atoms with Gasteiger partial charge >= 0.3 is 0 Å². The Bertz CT molecular complexity index is 260. The van der Waals surface area contributed by atoms with Gasteiger partial charge in [-0.1, -0.05) is 17.7 Å². The van der Waals surface area contributed by atoms with Crippen molar-refractivity contribution in [2.75, 3.05) is 18.4 Å². The zero-order valence-corrected chi connectivity index (χ0v) is 8.01. The van der Waals surface area contributed by atoms with Crippen LogP contribution in [0.4, 0.5) is 5.69 Å². The Morgan fingerprint density at radius 1 is 1.31 bits per heavy atom. The largest absolute Gasteiger partial charge is 0.381 e. The molecule has 1 atom stereocenters. The first kappa shape index (κ1) is 8.57. The minimum absolute atomic E-state index is 0.614. The molecule has 0 aliphatic carbocycles. The first-order chi connectivity index (χ1) is 6.34. The predicted octanol–water partition coefficient (Wildman–Crippen LogP) is 1.77. The van der Waals surface area contributed by atoms with Crippen molar-refractivity contribution in [2.45, 2.75) is 19.4 Å². The van der Waals surface area contributed by atoms with Gasteiger partial charge in [0.05, 0.1) is 0 Å². The lowest BCUT2D eigenvalue weighted by atomic mass is 10.2. The van der Waals surface area contributed by atoms with Gasteiger partial charge in [0.25, 0.3) is 0 Å². The SMILES string of the molecule is Cc1ccc(NC2CCNC2)cc1. The van der Waals surface area contributed by atoms with Crippen LogP contribution in [0.2, 0.25) is 0 Å². The maximum atomic E-state index is 3.51. The van der Waals surface area contributed by atoms with Gasteiger partial charge in [0, 0.05) is 18.3 Å². The Balaban J connectivity index is 1.97. The lowest BCUT2D eigenvalue weighted by molar-refractivity contribution is 0.793. The summed E-state index contributed by atoms with van der Waals surface area (Å²) in [6, 6.07) is 9.19. The fraction of sp³-hybridized carbons (Fsp3) is 0.455. The van der Waals surface area contributed by atoms with Crippen LogP contribution in [0.25, 0.3) is 0 Å². The molecule has 1 saturated heterocycles. The maximum Gasteiger partial charge on any atom is 0.0398 e. The maximum absolute atomic E-state index is 3.51. The molecule has 1 aliphatic rings. The van der Waals surface area contributed by atoms with Crippen molar-refractivity contribution in [2.24, 2.45) is 0 Å². The second-order valence-electron chi connectivity index (χ2n) is 3.70. The Morgan fingerprint density at radius 3 is 2.69 bits per heavy atom. The molecule has 2 heteroatoms. The number of hydrogen-bond acceptors (Lipinski definition) is 2. The zero-order valence-electron chi connectivity index (χ0n) is 8.01. The van der Waals surface area contributed by atoms with Crippen LogP contribution < -0.4 is 10.6 Å². The van der Waals surface area contributed by atoms with E-state index in [9.17, 15) is 0 Å². The fourth-order valence-corrected chi connectivity index (χ4v) is 1.66. The highest BCUT2D eigenvalue weighted by molar-refractivity contribution is 5.45. The van der Waals surface area contributed by atoms with Crippen LogP contribution in [-0.4, -0.2) is 19.1 Å². The van der Waals surface area contributed by atoms with E-state index in [-0.39, 0.29) is 0 Å². The summed E-state index contributed by atoms with van der Waals surface area (Å²) in [4.78, 5) is 0. The van der Waals surface area contributed by atoms with Gasteiger partial charge in [-0.05, 0) is 32.0 Å². The normalized spacial score (nSPS) is 21.8. The molecule has 0 spiro atoms. The quantitative estimate of drug-likeness (QED) is 0.717. The van der Waals surface area contributed by atoms with Gasteiger partial charge < -0.3 is 10.6 Å². The second kappa shape index (κ2) is 3.79. The van der Waals surface area contributed by atoms with Crippen molar-refractivity contribution >= 4 is 5.69 Å². The third-order valence-corrected chi connectivity index (χ3v) is 2.48. The molecule has 2 nitrogen and oxygen atoms in total. The van der Waals surface area contributed by atoms with Gasteiger partial charge in [-0.2, -0.15) is 0 Å². The van der Waals surface area contributed by atoms with E-state index in [2.05, 4.69) is 41.8 Å². The van der Waals surface area contributed by atoms with Gasteiger partial charge in [0.15, 0.2) is 0 Å². The summed E-state index contributed by atoms with van der Waals surface area (Å²) in [7, 11) is 0.